The number of amides is 3. The number of hydrogen-bond acceptors (Lipinski definition) is 6. The molecule has 1 aromatic heterocycles. The smallest absolute Gasteiger partial charge is 0.412 e. The summed E-state index contributed by atoms with van der Waals surface area (Å²) in [4.78, 5) is 24.2. The van der Waals surface area contributed by atoms with Crippen LogP contribution in [-0.2, 0) is 0 Å². The van der Waals surface area contributed by atoms with Gasteiger partial charge in [-0.25, -0.2) is 9.59 Å². The molecule has 1 atom stereocenters. The number of anilines is 1. The van der Waals surface area contributed by atoms with Gasteiger partial charge in [-0.1, -0.05) is 0 Å². The molecule has 1 aliphatic heterocycles. The van der Waals surface area contributed by atoms with Gasteiger partial charge in [-0.15, -0.1) is 11.3 Å². The van der Waals surface area contributed by atoms with Crippen molar-refractivity contribution in [2.24, 2.45) is 5.73 Å². The Morgan fingerprint density at radius 1 is 1.33 bits per heavy atom. The standard InChI is InChI=1S/C18H22N4O4S/c1-25-13-6-4-11(5-7-13)15-9-14(16(27-15)22-17(19)23)26-18(24)21-10-12-3-2-8-20-12/h4-7,9,12,20H,2-3,8,10H2,1H3,(H,21,24)(H3,19,22,23)/t12-/m0/s1. The monoisotopic (exact) mass is 390 g/mol. The third kappa shape index (κ3) is 5.11. The molecule has 1 aromatic carbocycles. The van der Waals surface area contributed by atoms with Crippen LogP contribution in [0.5, 0.6) is 11.5 Å². The van der Waals surface area contributed by atoms with Crippen LogP contribution in [0.25, 0.3) is 10.4 Å². The molecule has 1 aliphatic rings. The van der Waals surface area contributed by atoms with Crippen LogP contribution in [0.4, 0.5) is 14.6 Å². The first-order chi connectivity index (χ1) is 13.0. The predicted octanol–water partition coefficient (Wildman–Crippen LogP) is 2.75. The molecular weight excluding hydrogens is 368 g/mol. The van der Waals surface area contributed by atoms with Gasteiger partial charge >= 0.3 is 12.1 Å². The average Bonchev–Trinajstić information content (AvgIpc) is 3.30. The van der Waals surface area contributed by atoms with Crippen molar-refractivity contribution in [2.75, 3.05) is 25.5 Å². The second-order valence-corrected chi connectivity index (χ2v) is 7.14. The molecule has 144 valence electrons. The first-order valence-electron chi connectivity index (χ1n) is 8.59. The third-order valence-corrected chi connectivity index (χ3v) is 5.25. The first-order valence-corrected chi connectivity index (χ1v) is 9.40. The van der Waals surface area contributed by atoms with Gasteiger partial charge in [0.15, 0.2) is 5.75 Å². The molecule has 0 bridgehead atoms. The molecule has 2 heterocycles. The SMILES string of the molecule is COc1ccc(-c2cc(OC(=O)NC[C@@H]3CCCN3)c(NC(N)=O)s2)cc1. The number of urea groups is 1. The zero-order valence-electron chi connectivity index (χ0n) is 14.9. The van der Waals surface area contributed by atoms with Gasteiger partial charge in [-0.3, -0.25) is 5.32 Å². The fourth-order valence-electron chi connectivity index (χ4n) is 2.82. The normalized spacial score (nSPS) is 16.0. The number of nitrogens with two attached hydrogens (primary N) is 1. The Morgan fingerprint density at radius 2 is 2.11 bits per heavy atom. The van der Waals surface area contributed by atoms with Crippen LogP contribution in [0.2, 0.25) is 0 Å². The van der Waals surface area contributed by atoms with E-state index in [1.807, 2.05) is 24.3 Å². The van der Waals surface area contributed by atoms with Crippen molar-refractivity contribution in [1.82, 2.24) is 10.6 Å². The lowest BCUT2D eigenvalue weighted by Gasteiger charge is -2.11. The lowest BCUT2D eigenvalue weighted by Crippen LogP contribution is -2.38. The van der Waals surface area contributed by atoms with Crippen molar-refractivity contribution in [1.29, 1.82) is 0 Å². The number of primary amides is 1. The van der Waals surface area contributed by atoms with E-state index in [1.165, 1.54) is 11.3 Å². The molecule has 3 amide bonds. The fourth-order valence-corrected chi connectivity index (χ4v) is 3.81. The van der Waals surface area contributed by atoms with Gasteiger partial charge in [-0.05, 0) is 49.2 Å². The second-order valence-electron chi connectivity index (χ2n) is 6.09. The van der Waals surface area contributed by atoms with Crippen molar-refractivity contribution >= 4 is 28.5 Å². The molecular formula is C18H22N4O4S. The van der Waals surface area contributed by atoms with Crippen LogP contribution in [-0.4, -0.2) is 38.4 Å². The van der Waals surface area contributed by atoms with Crippen molar-refractivity contribution < 1.29 is 19.1 Å². The zero-order valence-corrected chi connectivity index (χ0v) is 15.7. The van der Waals surface area contributed by atoms with E-state index in [-0.39, 0.29) is 11.8 Å². The number of carbonyl (C=O) groups excluding carboxylic acids is 2. The number of benzene rings is 1. The topological polar surface area (TPSA) is 115 Å². The highest BCUT2D eigenvalue weighted by Crippen LogP contribution is 2.41. The molecule has 0 unspecified atom stereocenters. The maximum absolute atomic E-state index is 12.1. The van der Waals surface area contributed by atoms with Crippen molar-refractivity contribution in [3.63, 3.8) is 0 Å². The zero-order chi connectivity index (χ0) is 19.2. The lowest BCUT2D eigenvalue weighted by molar-refractivity contribution is 0.199. The second kappa shape index (κ2) is 8.74. The summed E-state index contributed by atoms with van der Waals surface area (Å²) in [6.45, 7) is 1.46. The van der Waals surface area contributed by atoms with Crippen LogP contribution in [0.15, 0.2) is 30.3 Å². The molecule has 1 fully saturated rings. The molecule has 2 aromatic rings. The van der Waals surface area contributed by atoms with E-state index in [0.29, 0.717) is 11.5 Å². The Morgan fingerprint density at radius 3 is 2.74 bits per heavy atom. The van der Waals surface area contributed by atoms with Gasteiger partial charge in [0.25, 0.3) is 0 Å². The van der Waals surface area contributed by atoms with Crippen LogP contribution in [0.3, 0.4) is 0 Å². The molecule has 9 heteroatoms. The maximum atomic E-state index is 12.1. The summed E-state index contributed by atoms with van der Waals surface area (Å²) >= 11 is 1.27. The Balaban J connectivity index is 1.72. The number of ether oxygens (including phenoxy) is 2. The summed E-state index contributed by atoms with van der Waals surface area (Å²) in [5, 5.41) is 8.92. The molecule has 27 heavy (non-hydrogen) atoms. The molecule has 3 rings (SSSR count). The maximum Gasteiger partial charge on any atom is 0.412 e. The Bertz CT molecular complexity index is 800. The summed E-state index contributed by atoms with van der Waals surface area (Å²) in [5.74, 6) is 0.990. The number of hydrogen-bond donors (Lipinski definition) is 4. The largest absolute Gasteiger partial charge is 0.497 e. The van der Waals surface area contributed by atoms with Crippen LogP contribution in [0.1, 0.15) is 12.8 Å². The predicted molar refractivity (Wildman–Crippen MR) is 105 cm³/mol. The summed E-state index contributed by atoms with van der Waals surface area (Å²) < 4.78 is 10.5. The van der Waals surface area contributed by atoms with E-state index >= 15 is 0 Å². The molecule has 0 radical (unpaired) electrons. The minimum Gasteiger partial charge on any atom is -0.497 e. The highest BCUT2D eigenvalue weighted by atomic mass is 32.1. The van der Waals surface area contributed by atoms with E-state index in [0.717, 1.165) is 35.6 Å². The van der Waals surface area contributed by atoms with E-state index < -0.39 is 12.1 Å². The van der Waals surface area contributed by atoms with Crippen molar-refractivity contribution in [3.05, 3.63) is 30.3 Å². The van der Waals surface area contributed by atoms with Gasteiger partial charge in [0.1, 0.15) is 10.8 Å². The average molecular weight is 390 g/mol. The highest BCUT2D eigenvalue weighted by Gasteiger charge is 2.19. The molecule has 0 spiro atoms. The van der Waals surface area contributed by atoms with Crippen LogP contribution < -0.4 is 31.2 Å². The van der Waals surface area contributed by atoms with Gasteiger partial charge in [-0.2, -0.15) is 0 Å². The lowest BCUT2D eigenvalue weighted by atomic mass is 10.2. The van der Waals surface area contributed by atoms with Gasteiger partial charge in [0.05, 0.1) is 7.11 Å². The summed E-state index contributed by atoms with van der Waals surface area (Å²) in [7, 11) is 1.60. The summed E-state index contributed by atoms with van der Waals surface area (Å²) in [5.41, 5.74) is 6.13. The quantitative estimate of drug-likeness (QED) is 0.605. The molecule has 0 saturated carbocycles. The number of thiophene rings is 1. The molecule has 0 aliphatic carbocycles. The first kappa shape index (κ1) is 19.0. The van der Waals surface area contributed by atoms with E-state index in [9.17, 15) is 9.59 Å². The van der Waals surface area contributed by atoms with Crippen molar-refractivity contribution in [3.8, 4) is 21.9 Å². The fraction of sp³-hybridized carbons (Fsp3) is 0.333. The van der Waals surface area contributed by atoms with Crippen LogP contribution in [0, 0.1) is 0 Å². The molecule has 1 saturated heterocycles. The van der Waals surface area contributed by atoms with Gasteiger partial charge in [0.2, 0.25) is 0 Å². The molecule has 8 nitrogen and oxygen atoms in total. The minimum atomic E-state index is -0.724. The minimum absolute atomic E-state index is 0.251. The number of nitrogens with one attached hydrogen (secondary N) is 3. The van der Waals surface area contributed by atoms with Crippen LogP contribution >= 0.6 is 11.3 Å². The number of methoxy groups -OCH3 is 1. The Labute approximate surface area is 161 Å². The van der Waals surface area contributed by atoms with E-state index in [1.54, 1.807) is 13.2 Å². The summed E-state index contributed by atoms with van der Waals surface area (Å²) in [6.07, 6.45) is 1.55. The van der Waals surface area contributed by atoms with Gasteiger partial charge < -0.3 is 25.8 Å². The number of rotatable bonds is 6. The third-order valence-electron chi connectivity index (χ3n) is 4.17. The number of carbonyl (C=O) groups is 2. The Kier molecular flexibility index (Phi) is 6.15. The highest BCUT2D eigenvalue weighted by molar-refractivity contribution is 7.20. The van der Waals surface area contributed by atoms with Gasteiger partial charge in [0, 0.05) is 23.5 Å². The summed E-state index contributed by atoms with van der Waals surface area (Å²) in [6, 6.07) is 8.67. The van der Waals surface area contributed by atoms with E-state index in [2.05, 4.69) is 16.0 Å². The van der Waals surface area contributed by atoms with E-state index in [4.69, 9.17) is 15.2 Å². The molecule has 5 N–H and O–H groups in total. The van der Waals surface area contributed by atoms with Crippen molar-refractivity contribution in [2.45, 2.75) is 18.9 Å². The Hall–Kier alpha value is -2.78.